The molecule has 4 aromatic rings. The molecule has 3 aromatic heterocycles. The van der Waals surface area contributed by atoms with E-state index < -0.39 is 6.61 Å². The molecular formula is C24H22F2N4O3S2. The van der Waals surface area contributed by atoms with E-state index in [0.29, 0.717) is 32.8 Å². The second kappa shape index (κ2) is 10.4. The van der Waals surface area contributed by atoms with E-state index in [1.807, 2.05) is 24.6 Å². The molecule has 1 aromatic carbocycles. The number of ether oxygens (including phenoxy) is 2. The Morgan fingerprint density at radius 2 is 2.03 bits per heavy atom. The van der Waals surface area contributed by atoms with Gasteiger partial charge in [0.15, 0.2) is 21.6 Å². The molecule has 0 aliphatic heterocycles. The van der Waals surface area contributed by atoms with Crippen LogP contribution in [0.4, 0.5) is 13.9 Å². The Kier molecular flexibility index (Phi) is 7.27. The molecule has 0 aliphatic carbocycles. The number of para-hydroxylation sites is 1. The highest BCUT2D eigenvalue weighted by molar-refractivity contribution is 7.15. The van der Waals surface area contributed by atoms with Crippen molar-refractivity contribution in [1.82, 2.24) is 14.4 Å². The average molecular weight is 517 g/mol. The molecule has 0 bridgehead atoms. The van der Waals surface area contributed by atoms with Gasteiger partial charge in [-0.25, -0.2) is 9.97 Å². The maximum atomic E-state index is 13.2. The molecule has 0 fully saturated rings. The molecule has 0 radical (unpaired) electrons. The maximum Gasteiger partial charge on any atom is 0.387 e. The highest BCUT2D eigenvalue weighted by Crippen LogP contribution is 2.35. The van der Waals surface area contributed by atoms with Gasteiger partial charge in [-0.3, -0.25) is 14.5 Å². The Morgan fingerprint density at radius 1 is 1.23 bits per heavy atom. The molecule has 1 amide bonds. The number of anilines is 1. The van der Waals surface area contributed by atoms with Crippen molar-refractivity contribution in [3.8, 4) is 11.5 Å². The first-order valence-corrected chi connectivity index (χ1v) is 12.3. The highest BCUT2D eigenvalue weighted by Gasteiger charge is 2.21. The Morgan fingerprint density at radius 3 is 2.71 bits per heavy atom. The summed E-state index contributed by atoms with van der Waals surface area (Å²) in [5.74, 6) is 0.144. The SMILES string of the molecule is C=C(C)Oc1c(C=Cc2nc3sccn3c2C(=O)Nc2nc(C(C)C)cs2)cccc1OC(F)F. The molecule has 4 rings (SSSR count). The quantitative estimate of drug-likeness (QED) is 0.245. The number of hydrogen-bond donors (Lipinski definition) is 1. The van der Waals surface area contributed by atoms with Crippen molar-refractivity contribution in [3.05, 3.63) is 70.1 Å². The van der Waals surface area contributed by atoms with Crippen molar-refractivity contribution in [2.45, 2.75) is 33.3 Å². The number of aromatic nitrogens is 3. The number of thiazole rings is 2. The van der Waals surface area contributed by atoms with E-state index in [1.54, 1.807) is 41.8 Å². The summed E-state index contributed by atoms with van der Waals surface area (Å²) in [6.45, 7) is 6.33. The highest BCUT2D eigenvalue weighted by atomic mass is 32.1. The molecule has 1 N–H and O–H groups in total. The van der Waals surface area contributed by atoms with Crippen LogP contribution in [0.3, 0.4) is 0 Å². The van der Waals surface area contributed by atoms with E-state index >= 15 is 0 Å². The number of halogens is 2. The topological polar surface area (TPSA) is 77.8 Å². The predicted molar refractivity (Wildman–Crippen MR) is 135 cm³/mol. The van der Waals surface area contributed by atoms with Crippen LogP contribution in [0.2, 0.25) is 0 Å². The standard InChI is InChI=1S/C24H22F2N4O3S2/c1-13(2)17-12-35-23(27-17)29-21(31)19-16(28-24-30(19)10-11-34-24)9-8-15-6-5-7-18(33-22(25)26)20(15)32-14(3)4/h5-13,22H,3H2,1-2,4H3,(H,27,29,31). The molecule has 0 aliphatic rings. The third-order valence-corrected chi connectivity index (χ3v) is 6.29. The summed E-state index contributed by atoms with van der Waals surface area (Å²) in [6, 6.07) is 4.62. The summed E-state index contributed by atoms with van der Waals surface area (Å²) >= 11 is 2.73. The third kappa shape index (κ3) is 5.57. The van der Waals surface area contributed by atoms with Crippen molar-refractivity contribution in [1.29, 1.82) is 0 Å². The van der Waals surface area contributed by atoms with Crippen LogP contribution in [0, 0.1) is 0 Å². The lowest BCUT2D eigenvalue weighted by molar-refractivity contribution is -0.0511. The predicted octanol–water partition coefficient (Wildman–Crippen LogP) is 6.91. The van der Waals surface area contributed by atoms with E-state index in [2.05, 4.69) is 26.6 Å². The van der Waals surface area contributed by atoms with E-state index in [-0.39, 0.29) is 23.3 Å². The van der Waals surface area contributed by atoms with E-state index in [4.69, 9.17) is 4.74 Å². The van der Waals surface area contributed by atoms with Crippen LogP contribution >= 0.6 is 22.7 Å². The number of alkyl halides is 2. The first kappa shape index (κ1) is 24.6. The number of hydrogen-bond acceptors (Lipinski definition) is 7. The van der Waals surface area contributed by atoms with Crippen LogP contribution in [0.15, 0.2) is 47.5 Å². The van der Waals surface area contributed by atoms with E-state index in [9.17, 15) is 13.6 Å². The molecule has 35 heavy (non-hydrogen) atoms. The number of amides is 1. The van der Waals surface area contributed by atoms with Gasteiger partial charge in [0.25, 0.3) is 5.91 Å². The molecule has 3 heterocycles. The van der Waals surface area contributed by atoms with Gasteiger partial charge in [-0.05, 0) is 31.1 Å². The van der Waals surface area contributed by atoms with Crippen LogP contribution in [-0.4, -0.2) is 26.9 Å². The number of imidazole rings is 1. The molecule has 0 spiro atoms. The first-order chi connectivity index (χ1) is 16.7. The fourth-order valence-corrected chi connectivity index (χ4v) is 4.80. The van der Waals surface area contributed by atoms with Gasteiger partial charge in [0.05, 0.1) is 17.1 Å². The van der Waals surface area contributed by atoms with Gasteiger partial charge in [0.1, 0.15) is 5.69 Å². The van der Waals surface area contributed by atoms with Gasteiger partial charge < -0.3 is 9.47 Å². The van der Waals surface area contributed by atoms with E-state index in [0.717, 1.165) is 5.69 Å². The van der Waals surface area contributed by atoms with Crippen molar-refractivity contribution in [2.75, 3.05) is 5.32 Å². The van der Waals surface area contributed by atoms with E-state index in [1.165, 1.54) is 28.7 Å². The van der Waals surface area contributed by atoms with Crippen LogP contribution < -0.4 is 14.8 Å². The molecule has 0 saturated heterocycles. The second-order valence-electron chi connectivity index (χ2n) is 7.78. The lowest BCUT2D eigenvalue weighted by atomic mass is 10.1. The van der Waals surface area contributed by atoms with Gasteiger partial charge in [-0.1, -0.05) is 32.6 Å². The lowest BCUT2D eigenvalue weighted by Crippen LogP contribution is -2.15. The van der Waals surface area contributed by atoms with Crippen LogP contribution in [-0.2, 0) is 0 Å². The average Bonchev–Trinajstić information content (AvgIpc) is 3.49. The third-order valence-electron chi connectivity index (χ3n) is 4.76. The van der Waals surface area contributed by atoms with Gasteiger partial charge in [0, 0.05) is 22.5 Å². The number of fused-ring (bicyclic) bond motifs is 1. The van der Waals surface area contributed by atoms with Crippen LogP contribution in [0.25, 0.3) is 17.1 Å². The fourth-order valence-electron chi connectivity index (χ4n) is 3.21. The maximum absolute atomic E-state index is 13.2. The summed E-state index contributed by atoms with van der Waals surface area (Å²) in [7, 11) is 0. The largest absolute Gasteiger partial charge is 0.458 e. The monoisotopic (exact) mass is 516 g/mol. The molecule has 0 atom stereocenters. The van der Waals surface area contributed by atoms with Crippen molar-refractivity contribution in [2.24, 2.45) is 0 Å². The fraction of sp³-hybridized carbons (Fsp3) is 0.208. The zero-order valence-corrected chi connectivity index (χ0v) is 20.8. The van der Waals surface area contributed by atoms with Crippen molar-refractivity contribution < 1.29 is 23.0 Å². The zero-order valence-electron chi connectivity index (χ0n) is 19.1. The molecular weight excluding hydrogens is 494 g/mol. The second-order valence-corrected chi connectivity index (χ2v) is 9.51. The van der Waals surface area contributed by atoms with Crippen molar-refractivity contribution in [3.63, 3.8) is 0 Å². The number of carbonyl (C=O) groups excluding carboxylic acids is 1. The Bertz CT molecular complexity index is 1400. The number of carbonyl (C=O) groups is 1. The Hall–Kier alpha value is -3.57. The smallest absolute Gasteiger partial charge is 0.387 e. The molecule has 0 unspecified atom stereocenters. The molecule has 182 valence electrons. The summed E-state index contributed by atoms with van der Waals surface area (Å²) in [6.07, 6.45) is 5.01. The van der Waals surface area contributed by atoms with Gasteiger partial charge in [-0.2, -0.15) is 8.78 Å². The number of benzene rings is 1. The van der Waals surface area contributed by atoms with Crippen LogP contribution in [0.1, 0.15) is 54.1 Å². The minimum Gasteiger partial charge on any atom is -0.458 e. The molecule has 7 nitrogen and oxygen atoms in total. The molecule has 0 saturated carbocycles. The first-order valence-electron chi connectivity index (χ1n) is 10.5. The number of allylic oxidation sites excluding steroid dienone is 1. The Labute approximate surface area is 208 Å². The van der Waals surface area contributed by atoms with Gasteiger partial charge >= 0.3 is 6.61 Å². The summed E-state index contributed by atoms with van der Waals surface area (Å²) < 4.78 is 37.6. The summed E-state index contributed by atoms with van der Waals surface area (Å²) in [5, 5.41) is 7.08. The Balaban J connectivity index is 1.69. The normalized spacial score (nSPS) is 11.6. The van der Waals surface area contributed by atoms with Crippen molar-refractivity contribution >= 4 is 50.8 Å². The number of rotatable bonds is 9. The van der Waals surface area contributed by atoms with Gasteiger partial charge in [-0.15, -0.1) is 22.7 Å². The summed E-state index contributed by atoms with van der Waals surface area (Å²) in [4.78, 5) is 22.9. The molecule has 11 heteroatoms. The van der Waals surface area contributed by atoms with Crippen LogP contribution in [0.5, 0.6) is 11.5 Å². The zero-order chi connectivity index (χ0) is 25.1. The minimum atomic E-state index is -3.01. The minimum absolute atomic E-state index is 0.0903. The number of nitrogens with zero attached hydrogens (tertiary/aromatic N) is 3. The van der Waals surface area contributed by atoms with Gasteiger partial charge in [0.2, 0.25) is 0 Å². The summed E-state index contributed by atoms with van der Waals surface area (Å²) in [5.41, 5.74) is 2.07. The number of nitrogens with one attached hydrogen (secondary N) is 1. The lowest BCUT2D eigenvalue weighted by Gasteiger charge is -2.14.